The van der Waals surface area contributed by atoms with Gasteiger partial charge in [0.2, 0.25) is 0 Å². The standard InChI is InChI=1S/C16H22N4/c1-4-14-10-16(20-13(3)19-14)17-11-12(2)18-15-8-6-5-7-9-15/h5-10,12,18H,4,11H2,1-3H3,(H,17,19,20). The van der Waals surface area contributed by atoms with Gasteiger partial charge in [0.25, 0.3) is 0 Å². The molecule has 0 aliphatic carbocycles. The molecule has 4 heteroatoms. The molecule has 1 unspecified atom stereocenters. The number of hydrogen-bond donors (Lipinski definition) is 2. The maximum Gasteiger partial charge on any atom is 0.129 e. The van der Waals surface area contributed by atoms with Crippen LogP contribution in [0.1, 0.15) is 25.4 Å². The molecule has 1 aromatic carbocycles. The number of nitrogens with one attached hydrogen (secondary N) is 2. The lowest BCUT2D eigenvalue weighted by Gasteiger charge is -2.16. The van der Waals surface area contributed by atoms with Crippen molar-refractivity contribution in [3.8, 4) is 0 Å². The zero-order chi connectivity index (χ0) is 14.4. The van der Waals surface area contributed by atoms with Gasteiger partial charge in [0.1, 0.15) is 11.6 Å². The van der Waals surface area contributed by atoms with Gasteiger partial charge in [-0.2, -0.15) is 0 Å². The number of para-hydroxylation sites is 1. The number of anilines is 2. The molecule has 0 radical (unpaired) electrons. The lowest BCUT2D eigenvalue weighted by molar-refractivity contribution is 0.827. The molecule has 0 aliphatic heterocycles. The Morgan fingerprint density at radius 3 is 2.60 bits per heavy atom. The van der Waals surface area contributed by atoms with Gasteiger partial charge in [0, 0.05) is 30.0 Å². The maximum absolute atomic E-state index is 4.41. The summed E-state index contributed by atoms with van der Waals surface area (Å²) in [5.41, 5.74) is 2.21. The third kappa shape index (κ3) is 4.23. The second-order valence-corrected chi connectivity index (χ2v) is 4.94. The van der Waals surface area contributed by atoms with E-state index in [9.17, 15) is 0 Å². The average Bonchev–Trinajstić information content (AvgIpc) is 2.45. The number of benzene rings is 1. The van der Waals surface area contributed by atoms with Crippen molar-refractivity contribution in [3.05, 3.63) is 47.9 Å². The molecule has 4 nitrogen and oxygen atoms in total. The Morgan fingerprint density at radius 1 is 1.15 bits per heavy atom. The first-order valence-electron chi connectivity index (χ1n) is 7.07. The van der Waals surface area contributed by atoms with Crippen LogP contribution in [0.3, 0.4) is 0 Å². The SMILES string of the molecule is CCc1cc(NCC(C)Nc2ccccc2)nc(C)n1. The Morgan fingerprint density at radius 2 is 1.90 bits per heavy atom. The van der Waals surface area contributed by atoms with Crippen LogP contribution in [0.15, 0.2) is 36.4 Å². The highest BCUT2D eigenvalue weighted by Crippen LogP contribution is 2.09. The Balaban J connectivity index is 1.90. The third-order valence-corrected chi connectivity index (χ3v) is 3.03. The van der Waals surface area contributed by atoms with Gasteiger partial charge in [-0.25, -0.2) is 9.97 Å². The van der Waals surface area contributed by atoms with Crippen molar-refractivity contribution in [1.82, 2.24) is 9.97 Å². The zero-order valence-electron chi connectivity index (χ0n) is 12.4. The molecule has 1 aromatic heterocycles. The predicted octanol–water partition coefficient (Wildman–Crippen LogP) is 3.26. The topological polar surface area (TPSA) is 49.8 Å². The molecular weight excluding hydrogens is 248 g/mol. The summed E-state index contributed by atoms with van der Waals surface area (Å²) in [5.74, 6) is 1.71. The Hall–Kier alpha value is -2.10. The number of aryl methyl sites for hydroxylation is 2. The molecule has 2 rings (SSSR count). The van der Waals surface area contributed by atoms with Gasteiger partial charge in [-0.05, 0) is 32.4 Å². The van der Waals surface area contributed by atoms with Crippen molar-refractivity contribution in [2.24, 2.45) is 0 Å². The van der Waals surface area contributed by atoms with Crippen molar-refractivity contribution < 1.29 is 0 Å². The summed E-state index contributed by atoms with van der Waals surface area (Å²) in [5, 5.41) is 6.82. The first-order valence-corrected chi connectivity index (χ1v) is 7.07. The third-order valence-electron chi connectivity index (χ3n) is 3.03. The molecule has 1 atom stereocenters. The minimum Gasteiger partial charge on any atom is -0.381 e. The Labute approximate surface area is 120 Å². The molecule has 2 N–H and O–H groups in total. The maximum atomic E-state index is 4.41. The van der Waals surface area contributed by atoms with E-state index in [0.717, 1.165) is 36.0 Å². The molecule has 0 fully saturated rings. The largest absolute Gasteiger partial charge is 0.381 e. The molecule has 2 aromatic rings. The Kier molecular flexibility index (Phi) is 4.93. The fourth-order valence-electron chi connectivity index (χ4n) is 2.03. The molecule has 0 aliphatic rings. The normalized spacial score (nSPS) is 11.9. The van der Waals surface area contributed by atoms with E-state index < -0.39 is 0 Å². The summed E-state index contributed by atoms with van der Waals surface area (Å²) in [6.07, 6.45) is 0.926. The van der Waals surface area contributed by atoms with Crippen LogP contribution in [0, 0.1) is 6.92 Å². The van der Waals surface area contributed by atoms with Crippen molar-refractivity contribution >= 4 is 11.5 Å². The van der Waals surface area contributed by atoms with E-state index in [0.29, 0.717) is 6.04 Å². The zero-order valence-corrected chi connectivity index (χ0v) is 12.4. The average molecular weight is 270 g/mol. The van der Waals surface area contributed by atoms with Crippen LogP contribution in [-0.4, -0.2) is 22.6 Å². The summed E-state index contributed by atoms with van der Waals surface area (Å²) in [6, 6.07) is 12.6. The van der Waals surface area contributed by atoms with Gasteiger partial charge < -0.3 is 10.6 Å². The smallest absolute Gasteiger partial charge is 0.129 e. The number of aromatic nitrogens is 2. The summed E-state index contributed by atoms with van der Waals surface area (Å²) in [4.78, 5) is 8.79. The second kappa shape index (κ2) is 6.89. The van der Waals surface area contributed by atoms with Crippen LogP contribution < -0.4 is 10.6 Å². The van der Waals surface area contributed by atoms with Crippen LogP contribution in [0.2, 0.25) is 0 Å². The van der Waals surface area contributed by atoms with Gasteiger partial charge >= 0.3 is 0 Å². The van der Waals surface area contributed by atoms with E-state index in [1.807, 2.05) is 31.2 Å². The summed E-state index contributed by atoms with van der Waals surface area (Å²) >= 11 is 0. The molecular formula is C16H22N4. The van der Waals surface area contributed by atoms with E-state index in [4.69, 9.17) is 0 Å². The number of hydrogen-bond acceptors (Lipinski definition) is 4. The quantitative estimate of drug-likeness (QED) is 0.846. The van der Waals surface area contributed by atoms with E-state index in [1.165, 1.54) is 0 Å². The van der Waals surface area contributed by atoms with E-state index in [1.54, 1.807) is 0 Å². The minimum absolute atomic E-state index is 0.317. The lowest BCUT2D eigenvalue weighted by atomic mass is 10.2. The van der Waals surface area contributed by atoms with Gasteiger partial charge in [-0.1, -0.05) is 25.1 Å². The fourth-order valence-corrected chi connectivity index (χ4v) is 2.03. The van der Waals surface area contributed by atoms with Crippen LogP contribution in [0.4, 0.5) is 11.5 Å². The van der Waals surface area contributed by atoms with E-state index >= 15 is 0 Å². The molecule has 0 saturated carbocycles. The summed E-state index contributed by atoms with van der Waals surface area (Å²) in [7, 11) is 0. The highest BCUT2D eigenvalue weighted by Gasteiger charge is 2.04. The molecule has 106 valence electrons. The monoisotopic (exact) mass is 270 g/mol. The molecule has 0 saturated heterocycles. The van der Waals surface area contributed by atoms with Crippen molar-refractivity contribution in [3.63, 3.8) is 0 Å². The number of nitrogens with zero attached hydrogens (tertiary/aromatic N) is 2. The molecule has 0 spiro atoms. The highest BCUT2D eigenvalue weighted by molar-refractivity contribution is 5.44. The van der Waals surface area contributed by atoms with Gasteiger partial charge in [0.05, 0.1) is 0 Å². The Bertz CT molecular complexity index is 539. The van der Waals surface area contributed by atoms with Crippen LogP contribution in [-0.2, 0) is 6.42 Å². The minimum atomic E-state index is 0.317. The van der Waals surface area contributed by atoms with Crippen molar-refractivity contribution in [1.29, 1.82) is 0 Å². The predicted molar refractivity (Wildman–Crippen MR) is 84.2 cm³/mol. The number of rotatable bonds is 6. The molecule has 0 bridgehead atoms. The summed E-state index contributed by atoms with van der Waals surface area (Å²) in [6.45, 7) is 6.99. The highest BCUT2D eigenvalue weighted by atomic mass is 15.1. The van der Waals surface area contributed by atoms with Gasteiger partial charge in [0.15, 0.2) is 0 Å². The van der Waals surface area contributed by atoms with Gasteiger partial charge in [-0.15, -0.1) is 0 Å². The first kappa shape index (κ1) is 14.3. The molecule has 0 amide bonds. The van der Waals surface area contributed by atoms with Gasteiger partial charge in [-0.3, -0.25) is 0 Å². The van der Waals surface area contributed by atoms with Crippen molar-refractivity contribution in [2.75, 3.05) is 17.2 Å². The van der Waals surface area contributed by atoms with Crippen LogP contribution >= 0.6 is 0 Å². The van der Waals surface area contributed by atoms with Crippen LogP contribution in [0.5, 0.6) is 0 Å². The first-order chi connectivity index (χ1) is 9.67. The van der Waals surface area contributed by atoms with Crippen molar-refractivity contribution in [2.45, 2.75) is 33.2 Å². The molecule has 1 heterocycles. The van der Waals surface area contributed by atoms with E-state index in [-0.39, 0.29) is 0 Å². The second-order valence-electron chi connectivity index (χ2n) is 4.94. The van der Waals surface area contributed by atoms with E-state index in [2.05, 4.69) is 46.6 Å². The lowest BCUT2D eigenvalue weighted by Crippen LogP contribution is -2.25. The fraction of sp³-hybridized carbons (Fsp3) is 0.375. The van der Waals surface area contributed by atoms with Crippen LogP contribution in [0.25, 0.3) is 0 Å². The summed E-state index contributed by atoms with van der Waals surface area (Å²) < 4.78 is 0. The molecule has 20 heavy (non-hydrogen) atoms.